The molecule has 4 heteroatoms. The monoisotopic (exact) mass is 502 g/mol. The number of carbonyl (C=O) groups is 1. The van der Waals surface area contributed by atoms with Crippen LogP contribution in [0, 0.1) is 46.3 Å². The highest BCUT2D eigenvalue weighted by atomic mass is 16.7. The molecule has 0 bridgehead atoms. The smallest absolute Gasteiger partial charge is 0.432 e. The van der Waals surface area contributed by atoms with Gasteiger partial charge in [-0.1, -0.05) is 65.5 Å². The van der Waals surface area contributed by atoms with Crippen LogP contribution in [0.15, 0.2) is 11.6 Å². The molecule has 0 aromatic rings. The lowest BCUT2D eigenvalue weighted by Crippen LogP contribution is -2.51. The topological polar surface area (TPSA) is 44.8 Å². The summed E-state index contributed by atoms with van der Waals surface area (Å²) >= 11 is 0. The number of allylic oxidation sites excluding steroid dienone is 1. The van der Waals surface area contributed by atoms with Gasteiger partial charge in [0.25, 0.3) is 0 Å². The molecule has 0 heterocycles. The lowest BCUT2D eigenvalue weighted by atomic mass is 9.47. The maximum Gasteiger partial charge on any atom is 0.508 e. The Morgan fingerprint density at radius 2 is 1.83 bits per heavy atom. The summed E-state index contributed by atoms with van der Waals surface area (Å²) in [5, 5.41) is 0. The van der Waals surface area contributed by atoms with Gasteiger partial charge in [-0.3, -0.25) is 0 Å². The molecule has 206 valence electrons. The van der Waals surface area contributed by atoms with Crippen LogP contribution in [0.4, 0.5) is 4.79 Å². The van der Waals surface area contributed by atoms with Crippen molar-refractivity contribution in [3.05, 3.63) is 11.6 Å². The van der Waals surface area contributed by atoms with Crippen LogP contribution in [0.2, 0.25) is 0 Å². The number of ether oxygens (including phenoxy) is 3. The van der Waals surface area contributed by atoms with Crippen LogP contribution in [0.1, 0.15) is 112 Å². The first kappa shape index (κ1) is 28.0. The number of rotatable bonds is 10. The highest BCUT2D eigenvalue weighted by Crippen LogP contribution is 2.67. The number of fused-ring (bicyclic) bond motifs is 5. The van der Waals surface area contributed by atoms with Gasteiger partial charge in [-0.2, -0.15) is 0 Å². The molecular formula is C32H54O4. The summed E-state index contributed by atoms with van der Waals surface area (Å²) in [6.45, 7) is 15.8. The second-order valence-corrected chi connectivity index (χ2v) is 13.6. The van der Waals surface area contributed by atoms with Crippen LogP contribution in [0.25, 0.3) is 0 Å². The molecular weight excluding hydrogens is 448 g/mol. The fraction of sp³-hybridized carbons (Fsp3) is 0.906. The van der Waals surface area contributed by atoms with E-state index >= 15 is 0 Å². The van der Waals surface area contributed by atoms with Crippen molar-refractivity contribution in [1.29, 1.82) is 0 Å². The maximum atomic E-state index is 12.2. The van der Waals surface area contributed by atoms with Crippen LogP contribution >= 0.6 is 0 Å². The first-order valence-corrected chi connectivity index (χ1v) is 15.3. The molecule has 4 aliphatic carbocycles. The van der Waals surface area contributed by atoms with E-state index in [0.29, 0.717) is 18.6 Å². The second kappa shape index (κ2) is 11.8. The molecule has 0 unspecified atom stereocenters. The molecule has 0 amide bonds. The molecule has 0 aliphatic heterocycles. The van der Waals surface area contributed by atoms with Crippen LogP contribution < -0.4 is 0 Å². The molecule has 0 N–H and O–H groups in total. The van der Waals surface area contributed by atoms with E-state index in [1.807, 2.05) is 6.92 Å². The van der Waals surface area contributed by atoms with Gasteiger partial charge in [0.1, 0.15) is 12.7 Å². The Balaban J connectivity index is 1.36. The quantitative estimate of drug-likeness (QED) is 0.170. The van der Waals surface area contributed by atoms with Crippen molar-refractivity contribution in [2.45, 2.75) is 118 Å². The summed E-state index contributed by atoms with van der Waals surface area (Å²) in [5.41, 5.74) is 2.37. The van der Waals surface area contributed by atoms with Gasteiger partial charge in [-0.05, 0) is 98.2 Å². The average molecular weight is 503 g/mol. The van der Waals surface area contributed by atoms with Crippen LogP contribution in [-0.4, -0.2) is 32.1 Å². The molecule has 4 nitrogen and oxygen atoms in total. The summed E-state index contributed by atoms with van der Waals surface area (Å²) in [6.07, 6.45) is 16.1. The fourth-order valence-electron chi connectivity index (χ4n) is 9.25. The molecule has 3 fully saturated rings. The molecule has 8 atom stereocenters. The highest BCUT2D eigenvalue weighted by Gasteiger charge is 2.59. The predicted molar refractivity (Wildman–Crippen MR) is 146 cm³/mol. The Bertz CT molecular complexity index is 774. The summed E-state index contributed by atoms with van der Waals surface area (Å²) in [7, 11) is 0. The van der Waals surface area contributed by atoms with E-state index in [1.54, 1.807) is 5.57 Å². The minimum atomic E-state index is -0.537. The molecule has 4 aliphatic rings. The zero-order valence-electron chi connectivity index (χ0n) is 24.2. The molecule has 0 aromatic carbocycles. The summed E-state index contributed by atoms with van der Waals surface area (Å²) in [6, 6.07) is 0. The van der Waals surface area contributed by atoms with Gasteiger partial charge in [0.05, 0.1) is 6.61 Å². The molecule has 0 spiro atoms. The van der Waals surface area contributed by atoms with Crippen molar-refractivity contribution in [2.24, 2.45) is 46.3 Å². The highest BCUT2D eigenvalue weighted by molar-refractivity contribution is 5.60. The number of hydrogen-bond donors (Lipinski definition) is 0. The van der Waals surface area contributed by atoms with Gasteiger partial charge in [-0.15, -0.1) is 0 Å². The van der Waals surface area contributed by atoms with Crippen molar-refractivity contribution in [3.8, 4) is 0 Å². The first-order chi connectivity index (χ1) is 17.2. The van der Waals surface area contributed by atoms with Crippen LogP contribution in [0.5, 0.6) is 0 Å². The average Bonchev–Trinajstić information content (AvgIpc) is 3.19. The van der Waals surface area contributed by atoms with Gasteiger partial charge in [-0.25, -0.2) is 4.79 Å². The SMILES string of the molecule is CCOCCOC(=O)O[C@H]1CC[C@@]2(C)C(=CC[C@H]3[C@@H]4CC[C@H]([C@H](C)CCCC(C)C)[C@@]4(C)CC[C@@H]32)C1. The van der Waals surface area contributed by atoms with Gasteiger partial charge in [0.2, 0.25) is 0 Å². The van der Waals surface area contributed by atoms with E-state index in [-0.39, 0.29) is 18.1 Å². The van der Waals surface area contributed by atoms with E-state index in [9.17, 15) is 4.79 Å². The normalized spacial score (nSPS) is 38.5. The van der Waals surface area contributed by atoms with Crippen molar-refractivity contribution < 1.29 is 19.0 Å². The molecule has 0 radical (unpaired) electrons. The lowest BCUT2D eigenvalue weighted by molar-refractivity contribution is -0.0624. The predicted octanol–water partition coefficient (Wildman–Crippen LogP) is 8.59. The molecule has 36 heavy (non-hydrogen) atoms. The van der Waals surface area contributed by atoms with E-state index in [4.69, 9.17) is 14.2 Å². The van der Waals surface area contributed by atoms with Crippen molar-refractivity contribution in [3.63, 3.8) is 0 Å². The largest absolute Gasteiger partial charge is 0.508 e. The van der Waals surface area contributed by atoms with Crippen LogP contribution in [0.3, 0.4) is 0 Å². The summed E-state index contributed by atoms with van der Waals surface area (Å²) in [4.78, 5) is 12.2. The lowest BCUT2D eigenvalue weighted by Gasteiger charge is -2.58. The second-order valence-electron chi connectivity index (χ2n) is 13.6. The van der Waals surface area contributed by atoms with Crippen molar-refractivity contribution >= 4 is 6.16 Å². The Kier molecular flexibility index (Phi) is 9.16. The van der Waals surface area contributed by atoms with Crippen molar-refractivity contribution in [2.75, 3.05) is 19.8 Å². The van der Waals surface area contributed by atoms with Crippen LogP contribution in [-0.2, 0) is 14.2 Å². The Hall–Kier alpha value is -1.03. The minimum Gasteiger partial charge on any atom is -0.432 e. The third-order valence-electron chi connectivity index (χ3n) is 11.2. The van der Waals surface area contributed by atoms with Crippen molar-refractivity contribution in [1.82, 2.24) is 0 Å². The van der Waals surface area contributed by atoms with E-state index in [2.05, 4.69) is 40.7 Å². The Morgan fingerprint density at radius 3 is 2.58 bits per heavy atom. The third-order valence-corrected chi connectivity index (χ3v) is 11.2. The summed E-state index contributed by atoms with van der Waals surface area (Å²) < 4.78 is 16.2. The zero-order valence-corrected chi connectivity index (χ0v) is 24.2. The van der Waals surface area contributed by atoms with Gasteiger partial charge >= 0.3 is 6.16 Å². The van der Waals surface area contributed by atoms with Gasteiger partial charge in [0.15, 0.2) is 0 Å². The Morgan fingerprint density at radius 1 is 1.03 bits per heavy atom. The number of carbonyl (C=O) groups excluding carboxylic acids is 1. The molecule has 0 saturated heterocycles. The maximum absolute atomic E-state index is 12.2. The van der Waals surface area contributed by atoms with E-state index < -0.39 is 6.16 Å². The first-order valence-electron chi connectivity index (χ1n) is 15.3. The minimum absolute atomic E-state index is 0.0446. The standard InChI is InChI=1S/C32H54O4/c1-7-34-19-20-35-30(33)36-25-15-17-31(5)24(21-25)11-12-26-28-14-13-27(23(4)10-8-9-22(2)3)32(28,6)18-16-29(26)31/h11,22-23,25-29H,7-10,12-21H2,1-6H3/t23-,25+,26+,27-,28+,29+,31+,32-/m1/s1. The van der Waals surface area contributed by atoms with Gasteiger partial charge in [0, 0.05) is 13.0 Å². The fourth-order valence-corrected chi connectivity index (χ4v) is 9.25. The molecule has 3 saturated carbocycles. The summed E-state index contributed by atoms with van der Waals surface area (Å²) in [5.74, 6) is 5.12. The van der Waals surface area contributed by atoms with E-state index in [1.165, 1.54) is 51.4 Å². The Labute approximate surface area is 221 Å². The van der Waals surface area contributed by atoms with E-state index in [0.717, 1.165) is 54.8 Å². The molecule has 4 rings (SSSR count). The number of hydrogen-bond acceptors (Lipinski definition) is 4. The zero-order chi connectivity index (χ0) is 25.9. The van der Waals surface area contributed by atoms with Gasteiger partial charge < -0.3 is 14.2 Å². The third kappa shape index (κ3) is 5.69. The molecule has 0 aromatic heterocycles.